The van der Waals surface area contributed by atoms with Crippen molar-refractivity contribution in [2.75, 3.05) is 12.4 Å². The Labute approximate surface area is 231 Å². The van der Waals surface area contributed by atoms with E-state index in [2.05, 4.69) is 41.6 Å². The summed E-state index contributed by atoms with van der Waals surface area (Å²) in [6.07, 6.45) is 1.05. The third kappa shape index (κ3) is 5.21. The topological polar surface area (TPSA) is 76.4 Å². The smallest absolute Gasteiger partial charge is 0.261 e. The molecule has 0 spiro atoms. The first kappa shape index (κ1) is 25.7. The molecule has 0 aliphatic rings. The van der Waals surface area contributed by atoms with Crippen LogP contribution in [0.15, 0.2) is 77.2 Å². The van der Waals surface area contributed by atoms with Crippen molar-refractivity contribution in [1.82, 2.24) is 10.3 Å². The molecule has 0 bridgehead atoms. The summed E-state index contributed by atoms with van der Waals surface area (Å²) >= 11 is 11.9. The van der Waals surface area contributed by atoms with Crippen LogP contribution in [0.4, 0.5) is 5.69 Å². The fraction of sp³-hybridized carbons (Fsp3) is 0.167. The molecule has 0 radical (unpaired) electrons. The molecule has 0 fully saturated rings. The minimum Gasteiger partial charge on any atom is -0.496 e. The maximum absolute atomic E-state index is 13.1. The van der Waals surface area contributed by atoms with Crippen molar-refractivity contribution in [3.8, 4) is 17.2 Å². The first-order chi connectivity index (χ1) is 18.4. The summed E-state index contributed by atoms with van der Waals surface area (Å²) in [6, 6.07) is 22.8. The summed E-state index contributed by atoms with van der Waals surface area (Å²) in [5.74, 6) is 0.971. The van der Waals surface area contributed by atoms with Gasteiger partial charge in [0.25, 0.3) is 5.91 Å². The standard InChI is InChI=1S/C30H26ClN3O3S/c1-4-17(2)18-10-12-26-25(14-18)32-29(37-26)21-9-11-23(31)24(15-21)33-30(38)34-28(35)22-13-19-7-5-6-8-20(19)16-27(22)36-3/h5-17H,4H2,1-3H3,(H2,33,34,35,38). The molecule has 6 nitrogen and oxygen atoms in total. The molecule has 5 aromatic rings. The van der Waals surface area contributed by atoms with Crippen LogP contribution in [-0.2, 0) is 0 Å². The summed E-state index contributed by atoms with van der Waals surface area (Å²) in [4.78, 5) is 17.8. The number of hydrogen-bond acceptors (Lipinski definition) is 5. The van der Waals surface area contributed by atoms with E-state index in [4.69, 9.17) is 33.0 Å². The number of oxazole rings is 1. The Morgan fingerprint density at radius 1 is 1.08 bits per heavy atom. The van der Waals surface area contributed by atoms with Crippen molar-refractivity contribution in [3.05, 3.63) is 88.9 Å². The number of carbonyl (C=O) groups is 1. The molecular weight excluding hydrogens is 518 g/mol. The number of ether oxygens (including phenoxy) is 1. The molecule has 0 aliphatic carbocycles. The fourth-order valence-corrected chi connectivity index (χ4v) is 4.62. The Morgan fingerprint density at radius 2 is 1.84 bits per heavy atom. The SMILES string of the molecule is CCC(C)c1ccc2oc(-c3ccc(Cl)c(NC(=S)NC(=O)c4cc5ccccc5cc4OC)c3)nc2c1. The summed E-state index contributed by atoms with van der Waals surface area (Å²) in [7, 11) is 1.53. The minimum absolute atomic E-state index is 0.0972. The van der Waals surface area contributed by atoms with Gasteiger partial charge in [0.15, 0.2) is 10.7 Å². The van der Waals surface area contributed by atoms with Gasteiger partial charge in [-0.15, -0.1) is 0 Å². The van der Waals surface area contributed by atoms with Crippen molar-refractivity contribution in [2.24, 2.45) is 0 Å². The van der Waals surface area contributed by atoms with Gasteiger partial charge < -0.3 is 14.5 Å². The van der Waals surface area contributed by atoms with Gasteiger partial charge in [0.2, 0.25) is 5.89 Å². The lowest BCUT2D eigenvalue weighted by Gasteiger charge is -2.14. The predicted octanol–water partition coefficient (Wildman–Crippen LogP) is 7.95. The third-order valence-electron chi connectivity index (χ3n) is 6.59. The number of halogens is 1. The Hall–Kier alpha value is -3.94. The van der Waals surface area contributed by atoms with E-state index in [1.54, 1.807) is 18.2 Å². The zero-order chi connectivity index (χ0) is 26.8. The van der Waals surface area contributed by atoms with Crippen molar-refractivity contribution < 1.29 is 13.9 Å². The van der Waals surface area contributed by atoms with E-state index in [1.165, 1.54) is 12.7 Å². The highest BCUT2D eigenvalue weighted by atomic mass is 35.5. The second-order valence-corrected chi connectivity index (χ2v) is 9.87. The van der Waals surface area contributed by atoms with Crippen LogP contribution in [0.25, 0.3) is 33.3 Å². The van der Waals surface area contributed by atoms with Crippen LogP contribution in [0.5, 0.6) is 5.75 Å². The van der Waals surface area contributed by atoms with Gasteiger partial charge >= 0.3 is 0 Å². The number of nitrogens with zero attached hydrogens (tertiary/aromatic N) is 1. The summed E-state index contributed by atoms with van der Waals surface area (Å²) in [6.45, 7) is 4.35. The maximum atomic E-state index is 13.1. The molecule has 38 heavy (non-hydrogen) atoms. The van der Waals surface area contributed by atoms with Crippen LogP contribution in [0.2, 0.25) is 5.02 Å². The molecule has 1 amide bonds. The molecule has 0 saturated carbocycles. The molecule has 192 valence electrons. The molecule has 1 unspecified atom stereocenters. The molecule has 2 N–H and O–H groups in total. The van der Waals surface area contributed by atoms with E-state index < -0.39 is 5.91 Å². The van der Waals surface area contributed by atoms with E-state index in [-0.39, 0.29) is 5.11 Å². The fourth-order valence-electron chi connectivity index (χ4n) is 4.25. The summed E-state index contributed by atoms with van der Waals surface area (Å²) in [5.41, 5.74) is 4.35. The zero-order valence-electron chi connectivity index (χ0n) is 21.2. The quantitative estimate of drug-likeness (QED) is 0.212. The second kappa shape index (κ2) is 10.8. The number of benzene rings is 4. The number of nitrogens with one attached hydrogen (secondary N) is 2. The molecule has 1 heterocycles. The van der Waals surface area contributed by atoms with Crippen molar-refractivity contribution in [3.63, 3.8) is 0 Å². The molecule has 1 aromatic heterocycles. The zero-order valence-corrected chi connectivity index (χ0v) is 22.7. The first-order valence-electron chi connectivity index (χ1n) is 12.3. The molecule has 8 heteroatoms. The van der Waals surface area contributed by atoms with Gasteiger partial charge in [-0.1, -0.05) is 55.8 Å². The Morgan fingerprint density at radius 3 is 2.58 bits per heavy atom. The largest absolute Gasteiger partial charge is 0.496 e. The Kier molecular flexibility index (Phi) is 7.31. The molecule has 1 atom stereocenters. The van der Waals surface area contributed by atoms with E-state index in [1.807, 2.05) is 42.5 Å². The molecule has 0 aliphatic heterocycles. The van der Waals surface area contributed by atoms with Gasteiger partial charge in [-0.05, 0) is 83.4 Å². The Balaban J connectivity index is 1.36. The monoisotopic (exact) mass is 543 g/mol. The lowest BCUT2D eigenvalue weighted by atomic mass is 9.98. The van der Waals surface area contributed by atoms with E-state index in [0.717, 1.165) is 28.3 Å². The highest BCUT2D eigenvalue weighted by Gasteiger charge is 2.17. The van der Waals surface area contributed by atoms with Crippen LogP contribution in [0, 0.1) is 0 Å². The van der Waals surface area contributed by atoms with E-state index >= 15 is 0 Å². The van der Waals surface area contributed by atoms with Crippen LogP contribution < -0.4 is 15.4 Å². The van der Waals surface area contributed by atoms with Crippen LogP contribution in [0.3, 0.4) is 0 Å². The highest BCUT2D eigenvalue weighted by Crippen LogP contribution is 2.32. The number of anilines is 1. The van der Waals surface area contributed by atoms with Gasteiger partial charge in [0.05, 0.1) is 23.4 Å². The summed E-state index contributed by atoms with van der Waals surface area (Å²) < 4.78 is 11.5. The lowest BCUT2D eigenvalue weighted by Crippen LogP contribution is -2.34. The van der Waals surface area contributed by atoms with Gasteiger partial charge in [-0.3, -0.25) is 10.1 Å². The maximum Gasteiger partial charge on any atom is 0.261 e. The number of thiocarbonyl (C=S) groups is 1. The average Bonchev–Trinajstić information content (AvgIpc) is 3.36. The molecule has 0 saturated heterocycles. The van der Waals surface area contributed by atoms with Crippen LogP contribution in [0.1, 0.15) is 42.1 Å². The number of carbonyl (C=O) groups excluding carboxylic acids is 1. The number of methoxy groups -OCH3 is 1. The average molecular weight is 544 g/mol. The van der Waals surface area contributed by atoms with Crippen molar-refractivity contribution in [2.45, 2.75) is 26.2 Å². The van der Waals surface area contributed by atoms with Crippen molar-refractivity contribution in [1.29, 1.82) is 0 Å². The predicted molar refractivity (Wildman–Crippen MR) is 157 cm³/mol. The molecule has 5 rings (SSSR count). The number of amides is 1. The van der Waals surface area contributed by atoms with Crippen LogP contribution in [-0.4, -0.2) is 23.1 Å². The van der Waals surface area contributed by atoms with Gasteiger partial charge in [-0.25, -0.2) is 4.98 Å². The van der Waals surface area contributed by atoms with Crippen LogP contribution >= 0.6 is 23.8 Å². The number of hydrogen-bond donors (Lipinski definition) is 2. The number of rotatable bonds is 6. The first-order valence-corrected chi connectivity index (χ1v) is 13.0. The lowest BCUT2D eigenvalue weighted by molar-refractivity contribution is 0.0975. The minimum atomic E-state index is -0.395. The van der Waals surface area contributed by atoms with E-state index in [9.17, 15) is 4.79 Å². The normalized spacial score (nSPS) is 11.9. The second-order valence-electron chi connectivity index (χ2n) is 9.06. The number of aromatic nitrogens is 1. The summed E-state index contributed by atoms with van der Waals surface area (Å²) in [5, 5.41) is 8.16. The highest BCUT2D eigenvalue weighted by molar-refractivity contribution is 7.80. The molecule has 4 aromatic carbocycles. The Bertz CT molecular complexity index is 1680. The van der Waals surface area contributed by atoms with Gasteiger partial charge in [0.1, 0.15) is 11.3 Å². The third-order valence-corrected chi connectivity index (χ3v) is 7.13. The van der Waals surface area contributed by atoms with Gasteiger partial charge in [0, 0.05) is 5.56 Å². The van der Waals surface area contributed by atoms with Gasteiger partial charge in [-0.2, -0.15) is 0 Å². The molecular formula is C30H26ClN3O3S. The van der Waals surface area contributed by atoms with E-state index in [0.29, 0.717) is 39.4 Å². The van der Waals surface area contributed by atoms with Crippen molar-refractivity contribution >= 4 is 62.4 Å². The number of fused-ring (bicyclic) bond motifs is 2.